The van der Waals surface area contributed by atoms with Crippen molar-refractivity contribution in [1.29, 1.82) is 0 Å². The number of methoxy groups -OCH3 is 1. The van der Waals surface area contributed by atoms with Crippen LogP contribution in [0.25, 0.3) is 0 Å². The van der Waals surface area contributed by atoms with Crippen molar-refractivity contribution in [1.82, 2.24) is 15.1 Å². The minimum Gasteiger partial charge on any atom is -0.497 e. The van der Waals surface area contributed by atoms with Gasteiger partial charge in [0.1, 0.15) is 18.1 Å². The van der Waals surface area contributed by atoms with Crippen molar-refractivity contribution in [3.05, 3.63) is 60.2 Å². The fourth-order valence-corrected chi connectivity index (χ4v) is 3.44. The topological polar surface area (TPSA) is 54.0 Å². The van der Waals surface area contributed by atoms with Crippen molar-refractivity contribution < 1.29 is 14.3 Å². The highest BCUT2D eigenvalue weighted by Crippen LogP contribution is 2.17. The quantitative estimate of drug-likeness (QED) is 0.742. The van der Waals surface area contributed by atoms with Crippen LogP contribution >= 0.6 is 0 Å². The third-order valence-corrected chi connectivity index (χ3v) is 5.27. The summed E-state index contributed by atoms with van der Waals surface area (Å²) < 4.78 is 10.8. The van der Waals surface area contributed by atoms with Gasteiger partial charge in [0, 0.05) is 32.7 Å². The number of piperidine rings is 1. The van der Waals surface area contributed by atoms with Crippen LogP contribution in [0.4, 0.5) is 4.79 Å². The van der Waals surface area contributed by atoms with Crippen LogP contribution in [-0.4, -0.2) is 62.3 Å². The number of likely N-dealkylation sites (tertiary alicyclic amines) is 1. The van der Waals surface area contributed by atoms with Gasteiger partial charge in [-0.2, -0.15) is 0 Å². The summed E-state index contributed by atoms with van der Waals surface area (Å²) >= 11 is 0. The van der Waals surface area contributed by atoms with Gasteiger partial charge in [0.25, 0.3) is 0 Å². The lowest BCUT2D eigenvalue weighted by Gasteiger charge is -2.33. The molecule has 0 bridgehead atoms. The smallest absolute Gasteiger partial charge is 0.317 e. The van der Waals surface area contributed by atoms with Gasteiger partial charge in [-0.15, -0.1) is 0 Å². The second kappa shape index (κ2) is 10.7. The van der Waals surface area contributed by atoms with Gasteiger partial charge in [-0.1, -0.05) is 30.3 Å². The van der Waals surface area contributed by atoms with Gasteiger partial charge in [0.05, 0.1) is 13.7 Å². The summed E-state index contributed by atoms with van der Waals surface area (Å²) in [6.07, 6.45) is 1.96. The number of nitrogens with one attached hydrogen (secondary N) is 1. The SMILES string of the molecule is COc1ccc(OCCN(C)C(=O)NC2CCN(Cc3ccccc3)CC2)cc1. The first-order valence-electron chi connectivity index (χ1n) is 10.2. The predicted molar refractivity (Wildman–Crippen MR) is 114 cm³/mol. The van der Waals surface area contributed by atoms with Crippen LogP contribution in [-0.2, 0) is 6.54 Å². The molecular formula is C23H31N3O3. The van der Waals surface area contributed by atoms with E-state index in [1.807, 2.05) is 30.3 Å². The molecule has 156 valence electrons. The molecule has 2 amide bonds. The van der Waals surface area contributed by atoms with E-state index in [1.165, 1.54) is 5.56 Å². The van der Waals surface area contributed by atoms with Crippen LogP contribution < -0.4 is 14.8 Å². The molecule has 0 atom stereocenters. The van der Waals surface area contributed by atoms with Gasteiger partial charge in [0.2, 0.25) is 0 Å². The summed E-state index contributed by atoms with van der Waals surface area (Å²) in [5.41, 5.74) is 1.34. The van der Waals surface area contributed by atoms with Crippen molar-refractivity contribution in [3.8, 4) is 11.5 Å². The molecule has 29 heavy (non-hydrogen) atoms. The Balaban J connectivity index is 1.33. The fraction of sp³-hybridized carbons (Fsp3) is 0.435. The predicted octanol–water partition coefficient (Wildman–Crippen LogP) is 3.38. The normalized spacial score (nSPS) is 15.0. The standard InChI is InChI=1S/C23H31N3O3/c1-25(16-17-29-22-10-8-21(28-2)9-11-22)23(27)24-20-12-14-26(15-13-20)18-19-6-4-3-5-7-19/h3-11,20H,12-18H2,1-2H3,(H,24,27). The lowest BCUT2D eigenvalue weighted by Crippen LogP contribution is -2.48. The van der Waals surface area contributed by atoms with Gasteiger partial charge in [0.15, 0.2) is 0 Å². The largest absolute Gasteiger partial charge is 0.497 e. The van der Waals surface area contributed by atoms with E-state index in [2.05, 4.69) is 34.5 Å². The summed E-state index contributed by atoms with van der Waals surface area (Å²) in [6.45, 7) is 3.97. The molecule has 0 aromatic heterocycles. The average molecular weight is 398 g/mol. The zero-order valence-corrected chi connectivity index (χ0v) is 17.3. The first-order valence-corrected chi connectivity index (χ1v) is 10.2. The van der Waals surface area contributed by atoms with Crippen LogP contribution in [0.1, 0.15) is 18.4 Å². The lowest BCUT2D eigenvalue weighted by molar-refractivity contribution is 0.169. The highest BCUT2D eigenvalue weighted by Gasteiger charge is 2.21. The van der Waals surface area contributed by atoms with Crippen LogP contribution in [0.15, 0.2) is 54.6 Å². The third kappa shape index (κ3) is 6.68. The number of likely N-dealkylation sites (N-methyl/N-ethyl adjacent to an activating group) is 1. The Bertz CT molecular complexity index is 744. The van der Waals surface area contributed by atoms with E-state index in [0.29, 0.717) is 13.2 Å². The molecule has 1 aliphatic rings. The molecule has 0 radical (unpaired) electrons. The highest BCUT2D eigenvalue weighted by atomic mass is 16.5. The van der Waals surface area contributed by atoms with Crippen molar-refractivity contribution in [2.45, 2.75) is 25.4 Å². The molecule has 1 N–H and O–H groups in total. The Labute approximate surface area is 173 Å². The number of carbonyl (C=O) groups excluding carboxylic acids is 1. The maximum Gasteiger partial charge on any atom is 0.317 e. The van der Waals surface area contributed by atoms with Crippen LogP contribution in [0.3, 0.4) is 0 Å². The maximum absolute atomic E-state index is 12.4. The summed E-state index contributed by atoms with van der Waals surface area (Å²) in [5, 5.41) is 3.16. The Kier molecular flexibility index (Phi) is 7.76. The highest BCUT2D eigenvalue weighted by molar-refractivity contribution is 5.74. The van der Waals surface area contributed by atoms with Crippen molar-refractivity contribution in [2.24, 2.45) is 0 Å². The molecule has 0 unspecified atom stereocenters. The Morgan fingerprint density at radius 1 is 1.07 bits per heavy atom. The minimum absolute atomic E-state index is 0.0372. The summed E-state index contributed by atoms with van der Waals surface area (Å²) in [5.74, 6) is 1.56. The second-order valence-electron chi connectivity index (χ2n) is 7.43. The van der Waals surface area contributed by atoms with Gasteiger partial charge < -0.3 is 19.7 Å². The molecule has 2 aromatic rings. The molecule has 1 saturated heterocycles. The number of ether oxygens (including phenoxy) is 2. The number of rotatable bonds is 8. The van der Waals surface area contributed by atoms with Crippen LogP contribution in [0.2, 0.25) is 0 Å². The van der Waals surface area contributed by atoms with E-state index < -0.39 is 0 Å². The first-order chi connectivity index (χ1) is 14.1. The molecule has 2 aromatic carbocycles. The zero-order valence-electron chi connectivity index (χ0n) is 17.3. The molecular weight excluding hydrogens is 366 g/mol. The molecule has 1 fully saturated rings. The van der Waals surface area contributed by atoms with E-state index in [9.17, 15) is 4.79 Å². The number of hydrogen-bond acceptors (Lipinski definition) is 4. The minimum atomic E-state index is -0.0372. The molecule has 0 spiro atoms. The van der Waals surface area contributed by atoms with Gasteiger partial charge in [-0.3, -0.25) is 4.90 Å². The zero-order chi connectivity index (χ0) is 20.5. The number of benzene rings is 2. The number of hydrogen-bond donors (Lipinski definition) is 1. The second-order valence-corrected chi connectivity index (χ2v) is 7.43. The van der Waals surface area contributed by atoms with E-state index in [4.69, 9.17) is 9.47 Å². The molecule has 0 saturated carbocycles. The maximum atomic E-state index is 12.4. The average Bonchev–Trinajstić information content (AvgIpc) is 2.76. The summed E-state index contributed by atoms with van der Waals surface area (Å²) in [4.78, 5) is 16.6. The first kappa shape index (κ1) is 21.0. The molecule has 6 nitrogen and oxygen atoms in total. The Morgan fingerprint density at radius 2 is 1.72 bits per heavy atom. The molecule has 1 heterocycles. The van der Waals surface area contributed by atoms with E-state index >= 15 is 0 Å². The molecule has 1 aliphatic heterocycles. The van der Waals surface area contributed by atoms with Gasteiger partial charge >= 0.3 is 6.03 Å². The number of amides is 2. The Hall–Kier alpha value is -2.73. The summed E-state index contributed by atoms with van der Waals surface area (Å²) in [7, 11) is 3.44. The van der Waals surface area contributed by atoms with Crippen molar-refractivity contribution in [3.63, 3.8) is 0 Å². The molecule has 0 aliphatic carbocycles. The van der Waals surface area contributed by atoms with Crippen molar-refractivity contribution in [2.75, 3.05) is 40.4 Å². The van der Waals surface area contributed by atoms with E-state index in [-0.39, 0.29) is 12.1 Å². The fourth-order valence-electron chi connectivity index (χ4n) is 3.44. The number of urea groups is 1. The summed E-state index contributed by atoms with van der Waals surface area (Å²) in [6, 6.07) is 18.2. The Morgan fingerprint density at radius 3 is 2.38 bits per heavy atom. The van der Waals surface area contributed by atoms with Gasteiger partial charge in [-0.05, 0) is 42.7 Å². The number of carbonyl (C=O) groups is 1. The lowest BCUT2D eigenvalue weighted by atomic mass is 10.0. The third-order valence-electron chi connectivity index (χ3n) is 5.27. The monoisotopic (exact) mass is 397 g/mol. The molecule has 3 rings (SSSR count). The van der Waals surface area contributed by atoms with Crippen molar-refractivity contribution >= 4 is 6.03 Å². The van der Waals surface area contributed by atoms with Crippen LogP contribution in [0, 0.1) is 0 Å². The number of nitrogens with zero attached hydrogens (tertiary/aromatic N) is 2. The van der Waals surface area contributed by atoms with Gasteiger partial charge in [-0.25, -0.2) is 4.79 Å². The van der Waals surface area contributed by atoms with Crippen LogP contribution in [0.5, 0.6) is 11.5 Å². The molecule has 6 heteroatoms. The van der Waals surface area contributed by atoms with E-state index in [0.717, 1.165) is 44.0 Å². The van der Waals surface area contributed by atoms with E-state index in [1.54, 1.807) is 19.1 Å².